The second-order valence-corrected chi connectivity index (χ2v) is 10.1. The third-order valence-corrected chi connectivity index (χ3v) is 7.88. The standard InChI is InChI=1S/C26H28N8O2/c35-25(29-19-8-10-27-11-9-19)28-18-6-4-17(5-7-18)22-30-23(33-12-2-1-3-13-33)32-24(31-22)34-20-14-26(20)16-36-15-21(26)34/h4-11,20-21H,1-3,12-16H2,(H2,27,28,29,35). The van der Waals surface area contributed by atoms with Crippen molar-refractivity contribution in [3.05, 3.63) is 48.8 Å². The average molecular weight is 485 g/mol. The average Bonchev–Trinajstić information content (AvgIpc) is 3.38. The first-order valence-electron chi connectivity index (χ1n) is 12.7. The number of hydrogen-bond donors (Lipinski definition) is 2. The van der Waals surface area contributed by atoms with E-state index in [-0.39, 0.29) is 6.03 Å². The van der Waals surface area contributed by atoms with Gasteiger partial charge in [-0.05, 0) is 62.1 Å². The summed E-state index contributed by atoms with van der Waals surface area (Å²) in [6, 6.07) is 11.6. The molecule has 0 bridgehead atoms. The number of urea groups is 1. The van der Waals surface area contributed by atoms with Crippen molar-refractivity contribution >= 4 is 29.3 Å². The number of ether oxygens (including phenoxy) is 1. The molecule has 10 heteroatoms. The van der Waals surface area contributed by atoms with Gasteiger partial charge in [-0.1, -0.05) is 0 Å². The van der Waals surface area contributed by atoms with E-state index in [9.17, 15) is 4.79 Å². The third-order valence-electron chi connectivity index (χ3n) is 7.88. The number of benzene rings is 1. The second kappa shape index (κ2) is 8.41. The van der Waals surface area contributed by atoms with Gasteiger partial charge in [0, 0.05) is 53.9 Å². The zero-order valence-corrected chi connectivity index (χ0v) is 19.9. The Labute approximate surface area is 209 Å². The Morgan fingerprint density at radius 3 is 2.39 bits per heavy atom. The van der Waals surface area contributed by atoms with Crippen molar-refractivity contribution in [1.29, 1.82) is 0 Å². The number of amides is 2. The van der Waals surface area contributed by atoms with Crippen molar-refractivity contribution in [3.63, 3.8) is 0 Å². The highest BCUT2D eigenvalue weighted by molar-refractivity contribution is 5.99. The molecule has 0 radical (unpaired) electrons. The van der Waals surface area contributed by atoms with E-state index in [2.05, 4.69) is 25.4 Å². The van der Waals surface area contributed by atoms with Gasteiger partial charge in [-0.2, -0.15) is 15.0 Å². The van der Waals surface area contributed by atoms with Crippen molar-refractivity contribution in [2.24, 2.45) is 5.41 Å². The number of hydrogen-bond acceptors (Lipinski definition) is 8. The van der Waals surface area contributed by atoms with Gasteiger partial charge >= 0.3 is 6.03 Å². The molecular weight excluding hydrogens is 456 g/mol. The molecule has 1 saturated carbocycles. The predicted molar refractivity (Wildman–Crippen MR) is 136 cm³/mol. The molecule has 5 heterocycles. The molecule has 3 atom stereocenters. The maximum absolute atomic E-state index is 12.3. The summed E-state index contributed by atoms with van der Waals surface area (Å²) >= 11 is 0. The maximum Gasteiger partial charge on any atom is 0.323 e. The molecule has 2 amide bonds. The van der Waals surface area contributed by atoms with Gasteiger partial charge in [0.05, 0.1) is 19.3 Å². The minimum Gasteiger partial charge on any atom is -0.379 e. The molecule has 7 rings (SSSR count). The van der Waals surface area contributed by atoms with E-state index < -0.39 is 0 Å². The topological polar surface area (TPSA) is 108 Å². The molecule has 2 N–H and O–H groups in total. The van der Waals surface area contributed by atoms with Crippen LogP contribution in [0.25, 0.3) is 11.4 Å². The van der Waals surface area contributed by atoms with Crippen molar-refractivity contribution in [1.82, 2.24) is 19.9 Å². The molecule has 36 heavy (non-hydrogen) atoms. The van der Waals surface area contributed by atoms with E-state index >= 15 is 0 Å². The molecule has 10 nitrogen and oxygen atoms in total. The van der Waals surface area contributed by atoms with E-state index in [1.165, 1.54) is 12.8 Å². The Bertz CT molecular complexity index is 1280. The van der Waals surface area contributed by atoms with Crippen LogP contribution < -0.4 is 20.4 Å². The van der Waals surface area contributed by atoms with E-state index in [0.717, 1.165) is 56.6 Å². The zero-order valence-electron chi connectivity index (χ0n) is 19.9. The van der Waals surface area contributed by atoms with Gasteiger partial charge in [-0.3, -0.25) is 4.98 Å². The Morgan fingerprint density at radius 2 is 1.61 bits per heavy atom. The number of anilines is 4. The normalized spacial score (nSPS) is 26.0. The first-order chi connectivity index (χ1) is 17.7. The van der Waals surface area contributed by atoms with Gasteiger partial charge in [0.2, 0.25) is 11.9 Å². The summed E-state index contributed by atoms with van der Waals surface area (Å²) in [6.45, 7) is 3.55. The van der Waals surface area contributed by atoms with Gasteiger partial charge in [-0.25, -0.2) is 4.79 Å². The Hall–Kier alpha value is -3.79. The zero-order chi connectivity index (χ0) is 24.1. The van der Waals surface area contributed by atoms with Gasteiger partial charge in [0.1, 0.15) is 0 Å². The van der Waals surface area contributed by atoms with Crippen LogP contribution in [-0.2, 0) is 4.74 Å². The van der Waals surface area contributed by atoms with Gasteiger partial charge in [0.25, 0.3) is 0 Å². The summed E-state index contributed by atoms with van der Waals surface area (Å²) in [5, 5.41) is 5.66. The summed E-state index contributed by atoms with van der Waals surface area (Å²) in [7, 11) is 0. The van der Waals surface area contributed by atoms with Crippen LogP contribution in [0.3, 0.4) is 0 Å². The van der Waals surface area contributed by atoms with Gasteiger partial charge < -0.3 is 25.2 Å². The number of nitrogens with zero attached hydrogens (tertiary/aromatic N) is 6. The molecule has 1 aromatic carbocycles. The first-order valence-corrected chi connectivity index (χ1v) is 12.7. The number of aromatic nitrogens is 4. The van der Waals surface area contributed by atoms with Crippen LogP contribution in [0.5, 0.6) is 0 Å². The van der Waals surface area contributed by atoms with Crippen LogP contribution >= 0.6 is 0 Å². The maximum atomic E-state index is 12.3. The molecule has 2 aromatic heterocycles. The van der Waals surface area contributed by atoms with Crippen molar-refractivity contribution in [2.75, 3.05) is 46.7 Å². The number of carbonyl (C=O) groups is 1. The Balaban J connectivity index is 1.14. The summed E-state index contributed by atoms with van der Waals surface area (Å²) in [4.78, 5) is 35.7. The fourth-order valence-corrected chi connectivity index (χ4v) is 5.85. The molecule has 3 unspecified atom stereocenters. The molecule has 1 spiro atoms. The highest BCUT2D eigenvalue weighted by Gasteiger charge is 2.76. The molecule has 3 aliphatic heterocycles. The van der Waals surface area contributed by atoms with Crippen LogP contribution in [0.1, 0.15) is 25.7 Å². The van der Waals surface area contributed by atoms with Crippen LogP contribution in [0.2, 0.25) is 0 Å². The second-order valence-electron chi connectivity index (χ2n) is 10.1. The van der Waals surface area contributed by atoms with Gasteiger partial charge in [-0.15, -0.1) is 0 Å². The predicted octanol–water partition coefficient (Wildman–Crippen LogP) is 3.55. The highest BCUT2D eigenvalue weighted by Crippen LogP contribution is 2.66. The lowest BCUT2D eigenvalue weighted by Crippen LogP contribution is -2.56. The summed E-state index contributed by atoms with van der Waals surface area (Å²) in [5.74, 6) is 2.17. The first kappa shape index (κ1) is 21.5. The summed E-state index contributed by atoms with van der Waals surface area (Å²) in [5.41, 5.74) is 2.59. The fraction of sp³-hybridized carbons (Fsp3) is 0.423. The molecule has 4 aliphatic rings. The minimum atomic E-state index is -0.312. The third kappa shape index (κ3) is 3.63. The number of piperidine rings is 1. The number of nitrogens with one attached hydrogen (secondary N) is 2. The fourth-order valence-electron chi connectivity index (χ4n) is 5.85. The van der Waals surface area contributed by atoms with Crippen LogP contribution in [0.4, 0.5) is 28.1 Å². The van der Waals surface area contributed by atoms with Crippen LogP contribution in [-0.4, -0.2) is 64.4 Å². The number of pyridine rings is 1. The van der Waals surface area contributed by atoms with E-state index in [4.69, 9.17) is 19.7 Å². The van der Waals surface area contributed by atoms with Crippen molar-refractivity contribution in [2.45, 2.75) is 37.8 Å². The van der Waals surface area contributed by atoms with Crippen LogP contribution in [0.15, 0.2) is 48.8 Å². The number of carbonyl (C=O) groups excluding carboxylic acids is 1. The van der Waals surface area contributed by atoms with Crippen LogP contribution in [0, 0.1) is 5.41 Å². The lowest BCUT2D eigenvalue weighted by molar-refractivity contribution is 0.183. The molecule has 1 aliphatic carbocycles. The Kier molecular flexibility index (Phi) is 5.02. The van der Waals surface area contributed by atoms with Gasteiger partial charge in [0.15, 0.2) is 5.82 Å². The Morgan fingerprint density at radius 1 is 0.889 bits per heavy atom. The van der Waals surface area contributed by atoms with Crippen molar-refractivity contribution < 1.29 is 9.53 Å². The molecule has 3 aromatic rings. The molecule has 3 saturated heterocycles. The monoisotopic (exact) mass is 484 g/mol. The molecular formula is C26H28N8O2. The number of rotatable bonds is 5. The van der Waals surface area contributed by atoms with E-state index in [1.807, 2.05) is 24.3 Å². The van der Waals surface area contributed by atoms with Crippen molar-refractivity contribution in [3.8, 4) is 11.4 Å². The quantitative estimate of drug-likeness (QED) is 0.566. The molecule has 4 fully saturated rings. The molecule has 184 valence electrons. The van der Waals surface area contributed by atoms with E-state index in [0.29, 0.717) is 34.7 Å². The summed E-state index contributed by atoms with van der Waals surface area (Å²) < 4.78 is 5.81. The largest absolute Gasteiger partial charge is 0.379 e. The lowest BCUT2D eigenvalue weighted by atomic mass is 9.90. The smallest absolute Gasteiger partial charge is 0.323 e. The van der Waals surface area contributed by atoms with E-state index in [1.54, 1.807) is 24.5 Å². The minimum absolute atomic E-state index is 0.312. The highest BCUT2D eigenvalue weighted by atomic mass is 16.5. The summed E-state index contributed by atoms with van der Waals surface area (Å²) in [6.07, 6.45) is 8.00. The lowest BCUT2D eigenvalue weighted by Gasteiger charge is -2.42. The SMILES string of the molecule is O=C(Nc1ccncc1)Nc1ccc(-c2nc(N3CCCCC3)nc(N3C4COCC45CC35)n2)cc1.